The first kappa shape index (κ1) is 10.6. The zero-order valence-corrected chi connectivity index (χ0v) is 8.51. The van der Waals surface area contributed by atoms with E-state index in [9.17, 15) is 0 Å². The molecule has 0 aliphatic carbocycles. The van der Waals surface area contributed by atoms with Gasteiger partial charge in [-0.2, -0.15) is 0 Å². The highest BCUT2D eigenvalue weighted by Gasteiger charge is 1.95. The van der Waals surface area contributed by atoms with Gasteiger partial charge in [0, 0.05) is 6.54 Å². The zero-order valence-electron chi connectivity index (χ0n) is 8.51. The number of hydrogen-bond acceptors (Lipinski definition) is 1. The van der Waals surface area contributed by atoms with Crippen LogP contribution in [0.2, 0.25) is 0 Å². The zero-order chi connectivity index (χ0) is 10.2. The van der Waals surface area contributed by atoms with Gasteiger partial charge in [0.2, 0.25) is 0 Å². The van der Waals surface area contributed by atoms with Crippen LogP contribution in [0.5, 0.6) is 0 Å². The van der Waals surface area contributed by atoms with E-state index in [-0.39, 0.29) is 0 Å². The van der Waals surface area contributed by atoms with E-state index in [1.807, 2.05) is 25.1 Å². The molecule has 0 saturated carbocycles. The third-order valence-corrected chi connectivity index (χ3v) is 1.91. The van der Waals surface area contributed by atoms with Crippen LogP contribution in [-0.4, -0.2) is 13.1 Å². The van der Waals surface area contributed by atoms with Crippen molar-refractivity contribution in [3.05, 3.63) is 42.5 Å². The van der Waals surface area contributed by atoms with Crippen molar-refractivity contribution in [1.82, 2.24) is 5.32 Å². The lowest BCUT2D eigenvalue weighted by Crippen LogP contribution is -2.16. The van der Waals surface area contributed by atoms with Gasteiger partial charge < -0.3 is 5.32 Å². The predicted octanol–water partition coefficient (Wildman–Crippen LogP) is 2.31. The van der Waals surface area contributed by atoms with E-state index in [0.29, 0.717) is 0 Å². The standard InChI is InChI=1S/C13H15N/c1-3-4-10-14-11-12(2)13-8-6-5-7-9-13/h5-9,14H,2,10-11H2,1H3. The Morgan fingerprint density at radius 1 is 1.36 bits per heavy atom. The minimum atomic E-state index is 0.725. The third-order valence-electron chi connectivity index (χ3n) is 1.91. The summed E-state index contributed by atoms with van der Waals surface area (Å²) in [6, 6.07) is 10.2. The molecule has 72 valence electrons. The molecule has 1 aromatic carbocycles. The van der Waals surface area contributed by atoms with E-state index in [2.05, 4.69) is 35.9 Å². The lowest BCUT2D eigenvalue weighted by molar-refractivity contribution is 0.867. The molecule has 0 bridgehead atoms. The van der Waals surface area contributed by atoms with Crippen LogP contribution in [0.3, 0.4) is 0 Å². The highest BCUT2D eigenvalue weighted by Crippen LogP contribution is 2.09. The molecule has 0 aliphatic heterocycles. The fourth-order valence-electron chi connectivity index (χ4n) is 1.14. The van der Waals surface area contributed by atoms with Gasteiger partial charge in [0.05, 0.1) is 6.54 Å². The first-order chi connectivity index (χ1) is 6.84. The maximum atomic E-state index is 4.01. The summed E-state index contributed by atoms with van der Waals surface area (Å²) in [7, 11) is 0. The number of hydrogen-bond donors (Lipinski definition) is 1. The van der Waals surface area contributed by atoms with E-state index >= 15 is 0 Å². The van der Waals surface area contributed by atoms with Crippen molar-refractivity contribution in [3.8, 4) is 11.8 Å². The van der Waals surface area contributed by atoms with E-state index in [1.54, 1.807) is 0 Å². The van der Waals surface area contributed by atoms with Gasteiger partial charge in [0.15, 0.2) is 0 Å². The first-order valence-corrected chi connectivity index (χ1v) is 4.68. The molecular weight excluding hydrogens is 170 g/mol. The smallest absolute Gasteiger partial charge is 0.0578 e. The lowest BCUT2D eigenvalue weighted by Gasteiger charge is -2.05. The molecule has 1 rings (SSSR count). The quantitative estimate of drug-likeness (QED) is 0.560. The van der Waals surface area contributed by atoms with Gasteiger partial charge in [-0.3, -0.25) is 0 Å². The van der Waals surface area contributed by atoms with Crippen molar-refractivity contribution in [2.24, 2.45) is 0 Å². The van der Waals surface area contributed by atoms with Crippen LogP contribution in [0.15, 0.2) is 36.9 Å². The summed E-state index contributed by atoms with van der Waals surface area (Å²) in [6.07, 6.45) is 0. The second-order valence-corrected chi connectivity index (χ2v) is 3.00. The normalized spacial score (nSPS) is 8.93. The Bertz CT molecular complexity index is 340. The number of nitrogens with one attached hydrogen (secondary N) is 1. The summed E-state index contributed by atoms with van der Waals surface area (Å²) in [5.74, 6) is 5.79. The SMILES string of the molecule is C=C(CNCC#CC)c1ccccc1. The molecule has 0 aliphatic rings. The largest absolute Gasteiger partial charge is 0.302 e. The van der Waals surface area contributed by atoms with Gasteiger partial charge >= 0.3 is 0 Å². The summed E-state index contributed by atoms with van der Waals surface area (Å²) in [5.41, 5.74) is 2.29. The Kier molecular flexibility index (Phi) is 4.54. The summed E-state index contributed by atoms with van der Waals surface area (Å²) >= 11 is 0. The molecule has 0 radical (unpaired) electrons. The molecule has 1 heteroatoms. The third kappa shape index (κ3) is 3.47. The van der Waals surface area contributed by atoms with Gasteiger partial charge in [-0.25, -0.2) is 0 Å². The van der Waals surface area contributed by atoms with Crippen LogP contribution >= 0.6 is 0 Å². The highest BCUT2D eigenvalue weighted by molar-refractivity contribution is 5.64. The van der Waals surface area contributed by atoms with E-state index in [1.165, 1.54) is 5.56 Å². The minimum absolute atomic E-state index is 0.725. The highest BCUT2D eigenvalue weighted by atomic mass is 14.8. The molecule has 0 saturated heterocycles. The fourth-order valence-corrected chi connectivity index (χ4v) is 1.14. The maximum Gasteiger partial charge on any atom is 0.0578 e. The summed E-state index contributed by atoms with van der Waals surface area (Å²) < 4.78 is 0. The Balaban J connectivity index is 2.39. The predicted molar refractivity (Wildman–Crippen MR) is 61.8 cm³/mol. The van der Waals surface area contributed by atoms with Crippen LogP contribution in [-0.2, 0) is 0 Å². The molecule has 0 amide bonds. The maximum absolute atomic E-state index is 4.01. The average Bonchev–Trinajstić information content (AvgIpc) is 2.25. The molecule has 0 spiro atoms. The van der Waals surface area contributed by atoms with Crippen LogP contribution in [0.25, 0.3) is 5.57 Å². The molecule has 0 aromatic heterocycles. The van der Waals surface area contributed by atoms with Crippen molar-refractivity contribution in [3.63, 3.8) is 0 Å². The molecule has 0 unspecified atom stereocenters. The Labute approximate surface area is 85.8 Å². The topological polar surface area (TPSA) is 12.0 Å². The second kappa shape index (κ2) is 6.01. The first-order valence-electron chi connectivity index (χ1n) is 4.68. The minimum Gasteiger partial charge on any atom is -0.302 e. The van der Waals surface area contributed by atoms with Crippen LogP contribution in [0, 0.1) is 11.8 Å². The van der Waals surface area contributed by atoms with Crippen molar-refractivity contribution in [1.29, 1.82) is 0 Å². The molecule has 1 N–H and O–H groups in total. The van der Waals surface area contributed by atoms with Gasteiger partial charge in [0.25, 0.3) is 0 Å². The Morgan fingerprint density at radius 2 is 2.07 bits per heavy atom. The van der Waals surface area contributed by atoms with Crippen molar-refractivity contribution in [2.75, 3.05) is 13.1 Å². The molecule has 1 aromatic rings. The summed E-state index contributed by atoms with van der Waals surface area (Å²) in [6.45, 7) is 7.37. The molecule has 1 nitrogen and oxygen atoms in total. The van der Waals surface area contributed by atoms with Crippen molar-refractivity contribution in [2.45, 2.75) is 6.92 Å². The molecule has 0 atom stereocenters. The van der Waals surface area contributed by atoms with Crippen molar-refractivity contribution >= 4 is 5.57 Å². The van der Waals surface area contributed by atoms with Gasteiger partial charge in [-0.1, -0.05) is 42.8 Å². The van der Waals surface area contributed by atoms with Gasteiger partial charge in [-0.05, 0) is 18.1 Å². The monoisotopic (exact) mass is 185 g/mol. The number of benzene rings is 1. The summed E-state index contributed by atoms with van der Waals surface area (Å²) in [5, 5.41) is 3.21. The average molecular weight is 185 g/mol. The second-order valence-electron chi connectivity index (χ2n) is 3.00. The van der Waals surface area contributed by atoms with Crippen LogP contribution < -0.4 is 5.32 Å². The molecule has 0 heterocycles. The fraction of sp³-hybridized carbons (Fsp3) is 0.231. The van der Waals surface area contributed by atoms with Crippen LogP contribution in [0.1, 0.15) is 12.5 Å². The Morgan fingerprint density at radius 3 is 2.71 bits per heavy atom. The molecule has 0 fully saturated rings. The van der Waals surface area contributed by atoms with Crippen molar-refractivity contribution < 1.29 is 0 Å². The van der Waals surface area contributed by atoms with E-state index < -0.39 is 0 Å². The molecule has 14 heavy (non-hydrogen) atoms. The number of rotatable bonds is 4. The van der Waals surface area contributed by atoms with E-state index in [4.69, 9.17) is 0 Å². The Hall–Kier alpha value is -1.52. The van der Waals surface area contributed by atoms with Gasteiger partial charge in [0.1, 0.15) is 0 Å². The summed E-state index contributed by atoms with van der Waals surface area (Å²) in [4.78, 5) is 0. The van der Waals surface area contributed by atoms with Crippen LogP contribution in [0.4, 0.5) is 0 Å². The van der Waals surface area contributed by atoms with E-state index in [0.717, 1.165) is 18.7 Å². The molecular formula is C13H15N. The van der Waals surface area contributed by atoms with Gasteiger partial charge in [-0.15, -0.1) is 5.92 Å². The lowest BCUT2D eigenvalue weighted by atomic mass is 10.1.